The number of carbonyl (C=O) groups is 2. The maximum atomic E-state index is 11.8. The Hall–Kier alpha value is -1.26. The van der Waals surface area contributed by atoms with Crippen LogP contribution in [0.4, 0.5) is 0 Å². The summed E-state index contributed by atoms with van der Waals surface area (Å²) in [4.78, 5) is 24.8. The summed E-state index contributed by atoms with van der Waals surface area (Å²) in [5.41, 5.74) is 0. The Bertz CT molecular complexity index is 329. The van der Waals surface area contributed by atoms with E-state index in [4.69, 9.17) is 10.00 Å². The van der Waals surface area contributed by atoms with Gasteiger partial charge in [-0.05, 0) is 0 Å². The van der Waals surface area contributed by atoms with E-state index < -0.39 is 12.0 Å². The number of esters is 1. The van der Waals surface area contributed by atoms with Crippen LogP contribution in [-0.4, -0.2) is 61.2 Å². The van der Waals surface area contributed by atoms with E-state index in [0.717, 1.165) is 0 Å². The molecular formula is C10H14N2O4S. The van der Waals surface area contributed by atoms with Crippen molar-refractivity contribution < 1.29 is 19.1 Å². The lowest BCUT2D eigenvalue weighted by Gasteiger charge is -2.33. The number of hydrogen-bond donors (Lipinski definition) is 0. The Balaban J connectivity index is 2.55. The van der Waals surface area contributed by atoms with Crippen LogP contribution in [0.5, 0.6) is 0 Å². The highest BCUT2D eigenvalue weighted by Gasteiger charge is 2.33. The number of nitrogens with zero attached hydrogens (tertiary/aromatic N) is 2. The molecule has 1 amide bonds. The van der Waals surface area contributed by atoms with Crippen LogP contribution in [0, 0.1) is 11.3 Å². The second-order valence-corrected chi connectivity index (χ2v) is 4.34. The van der Waals surface area contributed by atoms with Crippen molar-refractivity contribution in [1.82, 2.24) is 4.90 Å². The molecule has 0 aromatic heterocycles. The van der Waals surface area contributed by atoms with Gasteiger partial charge in [-0.3, -0.25) is 4.79 Å². The topological polar surface area (TPSA) is 79.6 Å². The number of amides is 1. The van der Waals surface area contributed by atoms with Gasteiger partial charge in [0.1, 0.15) is 0 Å². The molecule has 7 heteroatoms. The first kappa shape index (κ1) is 13.8. The molecule has 0 radical (unpaired) electrons. The Morgan fingerprint density at radius 3 is 3.06 bits per heavy atom. The van der Waals surface area contributed by atoms with Gasteiger partial charge in [0.25, 0.3) is 0 Å². The first-order valence-electron chi connectivity index (χ1n) is 5.10. The first-order valence-corrected chi connectivity index (χ1v) is 6.26. The average Bonchev–Trinajstić information content (AvgIpc) is 2.38. The Kier molecular flexibility index (Phi) is 5.80. The molecule has 0 N–H and O–H groups in total. The van der Waals surface area contributed by atoms with E-state index in [1.807, 2.05) is 6.07 Å². The SMILES string of the molecule is COC(=O)C1COCCN1C(=O)CSCC#N. The molecule has 1 fully saturated rings. The maximum absolute atomic E-state index is 11.8. The van der Waals surface area contributed by atoms with Crippen LogP contribution in [0.2, 0.25) is 0 Å². The summed E-state index contributed by atoms with van der Waals surface area (Å²) in [6.07, 6.45) is 0. The Labute approximate surface area is 104 Å². The molecule has 0 aromatic rings. The smallest absolute Gasteiger partial charge is 0.331 e. The fraction of sp³-hybridized carbons (Fsp3) is 0.700. The average molecular weight is 258 g/mol. The van der Waals surface area contributed by atoms with Crippen molar-refractivity contribution in [1.29, 1.82) is 5.26 Å². The van der Waals surface area contributed by atoms with Crippen LogP contribution in [0.15, 0.2) is 0 Å². The molecule has 94 valence electrons. The van der Waals surface area contributed by atoms with E-state index in [2.05, 4.69) is 4.74 Å². The number of nitriles is 1. The summed E-state index contributed by atoms with van der Waals surface area (Å²) in [5.74, 6) is -0.174. The van der Waals surface area contributed by atoms with Crippen molar-refractivity contribution in [3.05, 3.63) is 0 Å². The Morgan fingerprint density at radius 2 is 2.41 bits per heavy atom. The molecule has 1 saturated heterocycles. The lowest BCUT2D eigenvalue weighted by molar-refractivity contribution is -0.159. The molecule has 0 aliphatic carbocycles. The van der Waals surface area contributed by atoms with Crippen molar-refractivity contribution >= 4 is 23.6 Å². The molecule has 1 unspecified atom stereocenters. The molecule has 17 heavy (non-hydrogen) atoms. The van der Waals surface area contributed by atoms with E-state index >= 15 is 0 Å². The molecule has 1 heterocycles. The van der Waals surface area contributed by atoms with E-state index in [1.165, 1.54) is 23.8 Å². The molecule has 1 aliphatic heterocycles. The normalized spacial score (nSPS) is 19.5. The fourth-order valence-corrected chi connectivity index (χ4v) is 2.03. The highest BCUT2D eigenvalue weighted by Crippen LogP contribution is 2.11. The molecule has 0 bridgehead atoms. The third-order valence-electron chi connectivity index (χ3n) is 2.31. The largest absolute Gasteiger partial charge is 0.467 e. The van der Waals surface area contributed by atoms with E-state index in [9.17, 15) is 9.59 Å². The second-order valence-electron chi connectivity index (χ2n) is 3.35. The number of ether oxygens (including phenoxy) is 2. The molecular weight excluding hydrogens is 244 g/mol. The van der Waals surface area contributed by atoms with Gasteiger partial charge in [0.15, 0.2) is 6.04 Å². The maximum Gasteiger partial charge on any atom is 0.331 e. The van der Waals surface area contributed by atoms with Crippen molar-refractivity contribution in [2.75, 3.05) is 38.4 Å². The molecule has 6 nitrogen and oxygen atoms in total. The van der Waals surface area contributed by atoms with Gasteiger partial charge in [-0.1, -0.05) is 0 Å². The van der Waals surface area contributed by atoms with E-state index in [1.54, 1.807) is 0 Å². The van der Waals surface area contributed by atoms with E-state index in [-0.39, 0.29) is 24.0 Å². The van der Waals surface area contributed by atoms with Crippen molar-refractivity contribution in [3.8, 4) is 6.07 Å². The minimum Gasteiger partial charge on any atom is -0.467 e. The monoisotopic (exact) mass is 258 g/mol. The third-order valence-corrected chi connectivity index (χ3v) is 3.10. The predicted molar refractivity (Wildman–Crippen MR) is 61.3 cm³/mol. The summed E-state index contributed by atoms with van der Waals surface area (Å²) >= 11 is 1.23. The van der Waals surface area contributed by atoms with Gasteiger partial charge in [0.2, 0.25) is 5.91 Å². The van der Waals surface area contributed by atoms with Gasteiger partial charge in [-0.15, -0.1) is 11.8 Å². The molecule has 0 spiro atoms. The third kappa shape index (κ3) is 3.91. The van der Waals surface area contributed by atoms with Crippen LogP contribution >= 0.6 is 11.8 Å². The predicted octanol–water partition coefficient (Wildman–Crippen LogP) is -0.356. The first-order chi connectivity index (χ1) is 8.20. The minimum atomic E-state index is -0.663. The lowest BCUT2D eigenvalue weighted by Crippen LogP contribution is -2.53. The highest BCUT2D eigenvalue weighted by molar-refractivity contribution is 8.00. The number of hydrogen-bond acceptors (Lipinski definition) is 6. The number of methoxy groups -OCH3 is 1. The zero-order chi connectivity index (χ0) is 12.7. The summed E-state index contributed by atoms with van der Waals surface area (Å²) in [5, 5.41) is 8.38. The second kappa shape index (κ2) is 7.14. The number of thioether (sulfide) groups is 1. The van der Waals surface area contributed by atoms with Gasteiger partial charge in [-0.2, -0.15) is 5.26 Å². The molecule has 1 rings (SSSR count). The zero-order valence-electron chi connectivity index (χ0n) is 9.55. The van der Waals surface area contributed by atoms with Gasteiger partial charge in [0, 0.05) is 6.54 Å². The number of rotatable bonds is 4. The summed E-state index contributed by atoms with van der Waals surface area (Å²) < 4.78 is 9.78. The lowest BCUT2D eigenvalue weighted by atomic mass is 10.2. The van der Waals surface area contributed by atoms with Crippen molar-refractivity contribution in [2.45, 2.75) is 6.04 Å². The van der Waals surface area contributed by atoms with Crippen LogP contribution in [0.25, 0.3) is 0 Å². The van der Waals surface area contributed by atoms with Gasteiger partial charge >= 0.3 is 5.97 Å². The standard InChI is InChI=1S/C10H14N2O4S/c1-15-10(14)8-6-16-4-3-12(8)9(13)7-17-5-2-11/h8H,3-7H2,1H3. The number of carbonyl (C=O) groups excluding carboxylic acids is 2. The minimum absolute atomic E-state index is 0.163. The van der Waals surface area contributed by atoms with E-state index in [0.29, 0.717) is 13.2 Å². The van der Waals surface area contributed by atoms with Crippen molar-refractivity contribution in [3.63, 3.8) is 0 Å². The van der Waals surface area contributed by atoms with Crippen LogP contribution < -0.4 is 0 Å². The van der Waals surface area contributed by atoms with Gasteiger partial charge < -0.3 is 14.4 Å². The fourth-order valence-electron chi connectivity index (χ4n) is 1.50. The molecule has 0 saturated carbocycles. The van der Waals surface area contributed by atoms with Crippen LogP contribution in [0.3, 0.4) is 0 Å². The van der Waals surface area contributed by atoms with Crippen molar-refractivity contribution in [2.24, 2.45) is 0 Å². The summed E-state index contributed by atoms with van der Waals surface area (Å²) in [7, 11) is 1.28. The van der Waals surface area contributed by atoms with Crippen LogP contribution in [-0.2, 0) is 19.1 Å². The van der Waals surface area contributed by atoms with Gasteiger partial charge in [-0.25, -0.2) is 4.79 Å². The zero-order valence-corrected chi connectivity index (χ0v) is 10.4. The Morgan fingerprint density at radius 1 is 1.65 bits per heavy atom. The quantitative estimate of drug-likeness (QED) is 0.506. The summed E-state index contributed by atoms with van der Waals surface area (Å²) in [6.45, 7) is 0.967. The highest BCUT2D eigenvalue weighted by atomic mass is 32.2. The van der Waals surface area contributed by atoms with Gasteiger partial charge in [0.05, 0.1) is 37.9 Å². The number of morpholine rings is 1. The molecule has 1 atom stereocenters. The molecule has 0 aromatic carbocycles. The summed E-state index contributed by atoms with van der Waals surface area (Å²) in [6, 6.07) is 1.28. The van der Waals surface area contributed by atoms with Crippen LogP contribution in [0.1, 0.15) is 0 Å². The molecule has 1 aliphatic rings.